The van der Waals surface area contributed by atoms with Crippen LogP contribution in [0.1, 0.15) is 12.5 Å². The average molecular weight is 298 g/mol. The van der Waals surface area contributed by atoms with E-state index in [0.29, 0.717) is 21.3 Å². The first kappa shape index (κ1) is 13.9. The molecule has 1 aromatic heterocycles. The Kier molecular flexibility index (Phi) is 4.45. The van der Waals surface area contributed by atoms with Gasteiger partial charge in [0.15, 0.2) is 0 Å². The van der Waals surface area contributed by atoms with Crippen molar-refractivity contribution in [2.75, 3.05) is 11.9 Å². The van der Waals surface area contributed by atoms with Crippen LogP contribution >= 0.6 is 23.2 Å². The Morgan fingerprint density at radius 3 is 2.58 bits per heavy atom. The van der Waals surface area contributed by atoms with Crippen molar-refractivity contribution in [1.82, 2.24) is 9.78 Å². The molecule has 0 saturated heterocycles. The maximum atomic E-state index is 11.9. The Hall–Kier alpha value is -1.52. The quantitative estimate of drug-likeness (QED) is 0.943. The van der Waals surface area contributed by atoms with Gasteiger partial charge in [-0.15, -0.1) is 0 Å². The summed E-state index contributed by atoms with van der Waals surface area (Å²) in [6.07, 6.45) is 1.61. The van der Waals surface area contributed by atoms with Gasteiger partial charge in [0.1, 0.15) is 0 Å². The van der Waals surface area contributed by atoms with Gasteiger partial charge >= 0.3 is 0 Å². The fourth-order valence-corrected chi connectivity index (χ4v) is 2.20. The number of nitrogens with zero attached hydrogens (tertiary/aromatic N) is 2. The molecule has 0 aliphatic rings. The molecule has 0 aliphatic carbocycles. The third-order valence-corrected chi connectivity index (χ3v) is 3.33. The summed E-state index contributed by atoms with van der Waals surface area (Å²) in [5.74, 6) is 0. The van der Waals surface area contributed by atoms with Crippen LogP contribution < -0.4 is 10.9 Å². The number of rotatable bonds is 4. The molecule has 100 valence electrons. The monoisotopic (exact) mass is 297 g/mol. The van der Waals surface area contributed by atoms with Crippen molar-refractivity contribution >= 4 is 28.9 Å². The SMILES string of the molecule is CCNc1cnn(Cc2c(Cl)cccc2Cl)c(=O)c1. The van der Waals surface area contributed by atoms with Gasteiger partial charge in [-0.25, -0.2) is 4.68 Å². The normalized spacial score (nSPS) is 10.5. The smallest absolute Gasteiger partial charge is 0.269 e. The highest BCUT2D eigenvalue weighted by Crippen LogP contribution is 2.24. The molecule has 0 bridgehead atoms. The molecule has 0 radical (unpaired) electrons. The van der Waals surface area contributed by atoms with Gasteiger partial charge in [0.2, 0.25) is 0 Å². The van der Waals surface area contributed by atoms with Gasteiger partial charge in [0.05, 0.1) is 18.4 Å². The van der Waals surface area contributed by atoms with Crippen molar-refractivity contribution in [1.29, 1.82) is 0 Å². The van der Waals surface area contributed by atoms with E-state index < -0.39 is 0 Å². The summed E-state index contributed by atoms with van der Waals surface area (Å²) in [5, 5.41) is 8.18. The van der Waals surface area contributed by atoms with Crippen LogP contribution in [0.3, 0.4) is 0 Å². The van der Waals surface area contributed by atoms with Gasteiger partial charge in [0, 0.05) is 28.2 Å². The second-order valence-corrected chi connectivity index (χ2v) is 4.79. The highest BCUT2D eigenvalue weighted by Gasteiger charge is 2.08. The molecule has 4 nitrogen and oxygen atoms in total. The van der Waals surface area contributed by atoms with E-state index in [9.17, 15) is 4.79 Å². The zero-order valence-corrected chi connectivity index (χ0v) is 11.9. The number of hydrogen-bond donors (Lipinski definition) is 1. The van der Waals surface area contributed by atoms with E-state index >= 15 is 0 Å². The van der Waals surface area contributed by atoms with Gasteiger partial charge in [-0.3, -0.25) is 4.79 Å². The van der Waals surface area contributed by atoms with Crippen molar-refractivity contribution in [2.45, 2.75) is 13.5 Å². The summed E-state index contributed by atoms with van der Waals surface area (Å²) in [5.41, 5.74) is 1.19. The lowest BCUT2D eigenvalue weighted by Crippen LogP contribution is -2.23. The minimum Gasteiger partial charge on any atom is -0.384 e. The van der Waals surface area contributed by atoms with Crippen molar-refractivity contribution in [2.24, 2.45) is 0 Å². The van der Waals surface area contributed by atoms with Crippen molar-refractivity contribution in [3.05, 3.63) is 56.4 Å². The Bertz CT molecular complexity index is 620. The summed E-state index contributed by atoms with van der Waals surface area (Å²) in [7, 11) is 0. The summed E-state index contributed by atoms with van der Waals surface area (Å²) in [6, 6.07) is 6.74. The van der Waals surface area contributed by atoms with Crippen LogP contribution in [-0.4, -0.2) is 16.3 Å². The number of aromatic nitrogens is 2. The molecule has 0 unspecified atom stereocenters. The molecule has 6 heteroatoms. The van der Waals surface area contributed by atoms with Gasteiger partial charge < -0.3 is 5.32 Å². The first-order chi connectivity index (χ1) is 9.11. The zero-order valence-electron chi connectivity index (χ0n) is 10.4. The second-order valence-electron chi connectivity index (χ2n) is 3.97. The van der Waals surface area contributed by atoms with E-state index in [0.717, 1.165) is 6.54 Å². The molecule has 0 atom stereocenters. The lowest BCUT2D eigenvalue weighted by atomic mass is 10.2. The first-order valence-corrected chi connectivity index (χ1v) is 6.61. The first-order valence-electron chi connectivity index (χ1n) is 5.85. The van der Waals surface area contributed by atoms with Gasteiger partial charge in [0.25, 0.3) is 5.56 Å². The minimum atomic E-state index is -0.200. The van der Waals surface area contributed by atoms with Gasteiger partial charge in [-0.2, -0.15) is 5.10 Å². The highest BCUT2D eigenvalue weighted by atomic mass is 35.5. The molecular formula is C13H13Cl2N3O. The molecular weight excluding hydrogens is 285 g/mol. The van der Waals surface area contributed by atoms with E-state index in [4.69, 9.17) is 23.2 Å². The maximum Gasteiger partial charge on any atom is 0.269 e. The summed E-state index contributed by atoms with van der Waals surface area (Å²) in [4.78, 5) is 11.9. The summed E-state index contributed by atoms with van der Waals surface area (Å²) < 4.78 is 1.33. The number of nitrogens with one attached hydrogen (secondary N) is 1. The van der Waals surface area contributed by atoms with Crippen LogP contribution in [-0.2, 0) is 6.54 Å². The summed E-state index contributed by atoms with van der Waals surface area (Å²) >= 11 is 12.1. The molecule has 0 aliphatic heterocycles. The lowest BCUT2D eigenvalue weighted by molar-refractivity contribution is 0.640. The van der Waals surface area contributed by atoms with Crippen molar-refractivity contribution < 1.29 is 0 Å². The standard InChI is InChI=1S/C13H13Cl2N3O/c1-2-16-9-6-13(19)18(17-7-9)8-10-11(14)4-3-5-12(10)15/h3-7,16H,2,8H2,1H3. The molecule has 0 fully saturated rings. The summed E-state index contributed by atoms with van der Waals surface area (Å²) in [6.45, 7) is 2.94. The van der Waals surface area contributed by atoms with Crippen LogP contribution in [0.25, 0.3) is 0 Å². The molecule has 0 saturated carbocycles. The Balaban J connectivity index is 2.31. The van der Waals surface area contributed by atoms with Crippen LogP contribution in [0.15, 0.2) is 35.3 Å². The average Bonchev–Trinajstić information content (AvgIpc) is 2.37. The molecule has 0 amide bonds. The second kappa shape index (κ2) is 6.08. The largest absolute Gasteiger partial charge is 0.384 e. The fourth-order valence-electron chi connectivity index (χ4n) is 1.69. The fraction of sp³-hybridized carbons (Fsp3) is 0.231. The number of benzene rings is 1. The number of halogens is 2. The number of hydrogen-bond acceptors (Lipinski definition) is 3. The highest BCUT2D eigenvalue weighted by molar-refractivity contribution is 6.35. The molecule has 0 spiro atoms. The van der Waals surface area contributed by atoms with E-state index in [2.05, 4.69) is 10.4 Å². The van der Waals surface area contributed by atoms with Crippen molar-refractivity contribution in [3.63, 3.8) is 0 Å². The van der Waals surface area contributed by atoms with E-state index in [1.807, 2.05) is 6.92 Å². The molecule has 2 aromatic rings. The molecule has 1 heterocycles. The Labute approximate surface area is 121 Å². The van der Waals surface area contributed by atoms with Crippen LogP contribution in [0, 0.1) is 0 Å². The number of anilines is 1. The van der Waals surface area contributed by atoms with Crippen LogP contribution in [0.5, 0.6) is 0 Å². The molecule has 1 N–H and O–H groups in total. The molecule has 2 rings (SSSR count). The predicted molar refractivity (Wildman–Crippen MR) is 78.2 cm³/mol. The third kappa shape index (κ3) is 3.28. The maximum absolute atomic E-state index is 11.9. The van der Waals surface area contributed by atoms with Gasteiger partial charge in [-0.05, 0) is 19.1 Å². The van der Waals surface area contributed by atoms with Crippen LogP contribution in [0.4, 0.5) is 5.69 Å². The lowest BCUT2D eigenvalue weighted by Gasteiger charge is -2.09. The van der Waals surface area contributed by atoms with E-state index in [1.165, 1.54) is 10.7 Å². The Morgan fingerprint density at radius 1 is 1.32 bits per heavy atom. The van der Waals surface area contributed by atoms with Gasteiger partial charge in [-0.1, -0.05) is 29.3 Å². The van der Waals surface area contributed by atoms with Crippen molar-refractivity contribution in [3.8, 4) is 0 Å². The topological polar surface area (TPSA) is 46.9 Å². The zero-order chi connectivity index (χ0) is 13.8. The molecule has 1 aromatic carbocycles. The van der Waals surface area contributed by atoms with Crippen LogP contribution in [0.2, 0.25) is 10.0 Å². The van der Waals surface area contributed by atoms with E-state index in [1.54, 1.807) is 24.4 Å². The minimum absolute atomic E-state index is 0.200. The third-order valence-electron chi connectivity index (χ3n) is 2.62. The Morgan fingerprint density at radius 2 is 2.00 bits per heavy atom. The molecule has 19 heavy (non-hydrogen) atoms. The van der Waals surface area contributed by atoms with E-state index in [-0.39, 0.29) is 12.1 Å². The predicted octanol–water partition coefficient (Wildman–Crippen LogP) is 3.03.